The summed E-state index contributed by atoms with van der Waals surface area (Å²) in [7, 11) is 0. The lowest BCUT2D eigenvalue weighted by Crippen LogP contribution is -2.21. The van der Waals surface area contributed by atoms with Crippen molar-refractivity contribution in [3.05, 3.63) is 99.6 Å². The average molecular weight is 419 g/mol. The van der Waals surface area contributed by atoms with E-state index in [1.54, 1.807) is 12.1 Å². The molecule has 158 valence electrons. The Kier molecular flexibility index (Phi) is 6.95. The fourth-order valence-electron chi connectivity index (χ4n) is 2.80. The van der Waals surface area contributed by atoms with Crippen LogP contribution >= 0.6 is 0 Å². The molecule has 0 fully saturated rings. The number of amides is 1. The van der Waals surface area contributed by atoms with Crippen molar-refractivity contribution in [3.63, 3.8) is 0 Å². The Morgan fingerprint density at radius 1 is 1.00 bits per heavy atom. The topological polar surface area (TPSA) is 111 Å². The van der Waals surface area contributed by atoms with Crippen molar-refractivity contribution >= 4 is 28.9 Å². The number of carbonyl (C=O) groups excluding carboxylic acids is 2. The zero-order valence-corrected chi connectivity index (χ0v) is 16.8. The third kappa shape index (κ3) is 6.14. The van der Waals surface area contributed by atoms with Gasteiger partial charge >= 0.3 is 5.97 Å². The van der Waals surface area contributed by atoms with Crippen molar-refractivity contribution in [2.45, 2.75) is 13.5 Å². The van der Waals surface area contributed by atoms with E-state index >= 15 is 0 Å². The van der Waals surface area contributed by atoms with Crippen molar-refractivity contribution in [2.75, 3.05) is 17.2 Å². The smallest absolute Gasteiger partial charge is 0.338 e. The van der Waals surface area contributed by atoms with Crippen LogP contribution in [-0.2, 0) is 16.1 Å². The number of esters is 1. The molecular formula is C23H21N3O5. The maximum absolute atomic E-state index is 12.3. The van der Waals surface area contributed by atoms with Crippen molar-refractivity contribution in [2.24, 2.45) is 0 Å². The highest BCUT2D eigenvalue weighted by Gasteiger charge is 2.19. The van der Waals surface area contributed by atoms with E-state index < -0.39 is 23.4 Å². The van der Waals surface area contributed by atoms with Crippen LogP contribution in [0, 0.1) is 17.0 Å². The first kappa shape index (κ1) is 21.5. The van der Waals surface area contributed by atoms with Gasteiger partial charge in [-0.15, -0.1) is 0 Å². The number of anilines is 2. The van der Waals surface area contributed by atoms with Crippen LogP contribution in [0.2, 0.25) is 0 Å². The van der Waals surface area contributed by atoms with Crippen LogP contribution in [0.25, 0.3) is 0 Å². The number of carbonyl (C=O) groups is 2. The van der Waals surface area contributed by atoms with E-state index in [0.29, 0.717) is 12.2 Å². The molecule has 0 bridgehead atoms. The lowest BCUT2D eigenvalue weighted by Gasteiger charge is -2.09. The largest absolute Gasteiger partial charge is 0.452 e. The summed E-state index contributed by atoms with van der Waals surface area (Å²) < 4.78 is 5.00. The van der Waals surface area contributed by atoms with Crippen molar-refractivity contribution in [1.29, 1.82) is 0 Å². The monoisotopic (exact) mass is 419 g/mol. The zero-order valence-electron chi connectivity index (χ0n) is 16.8. The number of aryl methyl sites for hydroxylation is 1. The first-order chi connectivity index (χ1) is 14.9. The van der Waals surface area contributed by atoms with Gasteiger partial charge in [0.2, 0.25) is 0 Å². The molecule has 31 heavy (non-hydrogen) atoms. The summed E-state index contributed by atoms with van der Waals surface area (Å²) in [6.07, 6.45) is 0. The number of benzene rings is 3. The molecule has 8 nitrogen and oxygen atoms in total. The van der Waals surface area contributed by atoms with Crippen LogP contribution in [0.15, 0.2) is 72.8 Å². The van der Waals surface area contributed by atoms with Gasteiger partial charge in [-0.25, -0.2) is 4.79 Å². The molecule has 1 amide bonds. The Labute approximate surface area is 179 Å². The molecule has 0 aliphatic heterocycles. The number of rotatable bonds is 8. The second-order valence-electron chi connectivity index (χ2n) is 6.82. The molecule has 0 radical (unpaired) electrons. The van der Waals surface area contributed by atoms with Crippen LogP contribution < -0.4 is 10.6 Å². The number of ether oxygens (including phenoxy) is 1. The molecule has 0 aromatic heterocycles. The molecular weight excluding hydrogens is 398 g/mol. The highest BCUT2D eigenvalue weighted by molar-refractivity contribution is 5.96. The lowest BCUT2D eigenvalue weighted by molar-refractivity contribution is -0.384. The lowest BCUT2D eigenvalue weighted by atomic mass is 10.1. The Morgan fingerprint density at radius 3 is 2.39 bits per heavy atom. The van der Waals surface area contributed by atoms with E-state index in [-0.39, 0.29) is 16.9 Å². The maximum atomic E-state index is 12.3. The van der Waals surface area contributed by atoms with E-state index in [1.165, 1.54) is 12.1 Å². The highest BCUT2D eigenvalue weighted by atomic mass is 16.6. The van der Waals surface area contributed by atoms with Gasteiger partial charge in [0.1, 0.15) is 5.69 Å². The molecule has 3 aromatic rings. The van der Waals surface area contributed by atoms with Gasteiger partial charge in [-0.05, 0) is 36.8 Å². The highest BCUT2D eigenvalue weighted by Crippen LogP contribution is 2.26. The van der Waals surface area contributed by atoms with E-state index in [9.17, 15) is 19.7 Å². The molecule has 2 N–H and O–H groups in total. The molecule has 0 spiro atoms. The fourth-order valence-corrected chi connectivity index (χ4v) is 2.80. The summed E-state index contributed by atoms with van der Waals surface area (Å²) in [6.45, 7) is 1.81. The molecule has 3 rings (SSSR count). The van der Waals surface area contributed by atoms with Crippen LogP contribution in [-0.4, -0.2) is 23.4 Å². The third-order valence-corrected chi connectivity index (χ3v) is 4.43. The molecule has 0 heterocycles. The van der Waals surface area contributed by atoms with Crippen molar-refractivity contribution in [3.8, 4) is 0 Å². The summed E-state index contributed by atoms with van der Waals surface area (Å²) in [5, 5.41) is 17.1. The van der Waals surface area contributed by atoms with E-state index in [0.717, 1.165) is 17.2 Å². The summed E-state index contributed by atoms with van der Waals surface area (Å²) in [5.41, 5.74) is 2.60. The minimum Gasteiger partial charge on any atom is -0.452 e. The summed E-state index contributed by atoms with van der Waals surface area (Å²) in [6, 6.07) is 20.6. The SMILES string of the molecule is Cc1ccc(NC(=O)COC(=O)c2ccc(NCc3ccccc3)c([N+](=O)[O-])c2)cc1. The van der Waals surface area contributed by atoms with Crippen LogP contribution in [0.4, 0.5) is 17.1 Å². The number of hydrogen-bond acceptors (Lipinski definition) is 6. The number of nitrogens with one attached hydrogen (secondary N) is 2. The normalized spacial score (nSPS) is 10.2. The van der Waals surface area contributed by atoms with E-state index in [2.05, 4.69) is 10.6 Å². The standard InChI is InChI=1S/C23H21N3O5/c1-16-7-10-19(11-8-16)25-22(27)15-31-23(28)18-9-12-20(21(13-18)26(29)30)24-14-17-5-3-2-4-6-17/h2-13,24H,14-15H2,1H3,(H,25,27). The maximum Gasteiger partial charge on any atom is 0.338 e. The average Bonchev–Trinajstić information content (AvgIpc) is 2.78. The van der Waals surface area contributed by atoms with Gasteiger partial charge in [-0.2, -0.15) is 0 Å². The zero-order chi connectivity index (χ0) is 22.2. The van der Waals surface area contributed by atoms with Gasteiger partial charge in [-0.1, -0.05) is 48.0 Å². The Bertz CT molecular complexity index is 1080. The molecule has 3 aromatic carbocycles. The van der Waals surface area contributed by atoms with Crippen molar-refractivity contribution < 1.29 is 19.2 Å². The first-order valence-corrected chi connectivity index (χ1v) is 9.52. The van der Waals surface area contributed by atoms with Gasteiger partial charge in [0, 0.05) is 18.3 Å². The predicted octanol–water partition coefficient (Wildman–Crippen LogP) is 4.31. The molecule has 0 atom stereocenters. The second kappa shape index (κ2) is 10.0. The van der Waals surface area contributed by atoms with Crippen LogP contribution in [0.3, 0.4) is 0 Å². The summed E-state index contributed by atoms with van der Waals surface area (Å²) >= 11 is 0. The molecule has 0 unspecified atom stereocenters. The van der Waals surface area contributed by atoms with Gasteiger partial charge < -0.3 is 15.4 Å². The third-order valence-electron chi connectivity index (χ3n) is 4.43. The van der Waals surface area contributed by atoms with Gasteiger partial charge in [0.15, 0.2) is 6.61 Å². The Morgan fingerprint density at radius 2 is 1.71 bits per heavy atom. The summed E-state index contributed by atoms with van der Waals surface area (Å²) in [5.74, 6) is -1.33. The second-order valence-corrected chi connectivity index (χ2v) is 6.82. The number of nitrogens with zero attached hydrogens (tertiary/aromatic N) is 1. The minimum atomic E-state index is -0.822. The number of nitro benzene ring substituents is 1. The Balaban J connectivity index is 1.61. The van der Waals surface area contributed by atoms with Gasteiger partial charge in [0.25, 0.3) is 11.6 Å². The molecule has 8 heteroatoms. The van der Waals surface area contributed by atoms with Crippen LogP contribution in [0.1, 0.15) is 21.5 Å². The first-order valence-electron chi connectivity index (χ1n) is 9.52. The quantitative estimate of drug-likeness (QED) is 0.320. The molecule has 0 aliphatic carbocycles. The van der Waals surface area contributed by atoms with Crippen LogP contribution in [0.5, 0.6) is 0 Å². The summed E-state index contributed by atoms with van der Waals surface area (Å²) in [4.78, 5) is 35.1. The number of hydrogen-bond donors (Lipinski definition) is 2. The Hall–Kier alpha value is -4.20. The molecule has 0 aliphatic rings. The number of nitro groups is 1. The minimum absolute atomic E-state index is 0.0138. The predicted molar refractivity (Wildman–Crippen MR) is 117 cm³/mol. The molecule has 0 saturated carbocycles. The molecule has 0 saturated heterocycles. The van der Waals surface area contributed by atoms with E-state index in [4.69, 9.17) is 4.74 Å². The fraction of sp³-hybridized carbons (Fsp3) is 0.130. The van der Waals surface area contributed by atoms with Gasteiger partial charge in [-0.3, -0.25) is 14.9 Å². The van der Waals surface area contributed by atoms with E-state index in [1.807, 2.05) is 49.4 Å². The van der Waals surface area contributed by atoms with Gasteiger partial charge in [0.05, 0.1) is 10.5 Å². The van der Waals surface area contributed by atoms with Crippen molar-refractivity contribution in [1.82, 2.24) is 0 Å².